The second-order valence-electron chi connectivity index (χ2n) is 9.59. The largest absolute Gasteiger partial charge is 0.456 e. The molecule has 0 atom stereocenters. The number of alkyl halides is 3. The number of rotatable bonds is 3. The quantitative estimate of drug-likeness (QED) is 0.234. The second-order valence-corrected chi connectivity index (χ2v) is 9.59. The molecular weight excluding hydrogens is 495 g/mol. The molecule has 0 bridgehead atoms. The summed E-state index contributed by atoms with van der Waals surface area (Å²) in [5.74, 6) is 0. The minimum Gasteiger partial charge on any atom is -0.456 e. The Hall–Kier alpha value is -4.90. The molecule has 2 heterocycles. The van der Waals surface area contributed by atoms with Crippen molar-refractivity contribution in [2.24, 2.45) is 0 Å². The van der Waals surface area contributed by atoms with Gasteiger partial charge in [-0.05, 0) is 82.1 Å². The topological polar surface area (TPSA) is 26.0 Å². The Bertz CT molecular complexity index is 1990. The zero-order chi connectivity index (χ0) is 26.6. The number of halogens is 3. The van der Waals surface area contributed by atoms with Gasteiger partial charge in [-0.3, -0.25) is 4.98 Å². The molecule has 5 aromatic carbocycles. The maximum Gasteiger partial charge on any atom is 0.416 e. The summed E-state index contributed by atoms with van der Waals surface area (Å²) in [6.45, 7) is 0. The predicted molar refractivity (Wildman–Crippen MR) is 150 cm³/mol. The van der Waals surface area contributed by atoms with Gasteiger partial charge in [-0.15, -0.1) is 0 Å². The number of nitrogens with zero attached hydrogens (tertiary/aromatic N) is 1. The Labute approximate surface area is 222 Å². The first kappa shape index (κ1) is 23.2. The summed E-state index contributed by atoms with van der Waals surface area (Å²) in [6.07, 6.45) is -2.48. The zero-order valence-corrected chi connectivity index (χ0v) is 20.5. The Balaban J connectivity index is 1.20. The molecule has 0 aliphatic carbocycles. The van der Waals surface area contributed by atoms with Crippen LogP contribution < -0.4 is 0 Å². The molecule has 0 radical (unpaired) electrons. The SMILES string of the molecule is FC(F)(F)c1ccc(-c2ccc3ccc(-c4ccc(-c5ccc6oc7ccccc7c6c5)nc4)cc3c2)cc1. The van der Waals surface area contributed by atoms with Crippen molar-refractivity contribution >= 4 is 32.7 Å². The highest BCUT2D eigenvalue weighted by Crippen LogP contribution is 2.34. The van der Waals surface area contributed by atoms with Gasteiger partial charge in [0.05, 0.1) is 11.3 Å². The summed E-state index contributed by atoms with van der Waals surface area (Å²) >= 11 is 0. The molecule has 0 spiro atoms. The summed E-state index contributed by atoms with van der Waals surface area (Å²) in [4.78, 5) is 4.75. The van der Waals surface area contributed by atoms with Crippen molar-refractivity contribution in [3.63, 3.8) is 0 Å². The number of fused-ring (bicyclic) bond motifs is 4. The molecular formula is C34H20F3NO. The fraction of sp³-hybridized carbons (Fsp3) is 0.0294. The van der Waals surface area contributed by atoms with Crippen LogP contribution in [-0.4, -0.2) is 4.98 Å². The van der Waals surface area contributed by atoms with E-state index in [-0.39, 0.29) is 0 Å². The Morgan fingerprint density at radius 3 is 1.87 bits per heavy atom. The predicted octanol–water partition coefficient (Wildman–Crippen LogP) is 10.2. The molecule has 0 aliphatic rings. The molecule has 2 nitrogen and oxygen atoms in total. The Kier molecular flexibility index (Phi) is 5.27. The van der Waals surface area contributed by atoms with Gasteiger partial charge in [0.1, 0.15) is 11.2 Å². The summed E-state index contributed by atoms with van der Waals surface area (Å²) in [5, 5.41) is 4.20. The van der Waals surface area contributed by atoms with Crippen molar-refractivity contribution in [2.45, 2.75) is 6.18 Å². The van der Waals surface area contributed by atoms with E-state index in [2.05, 4.69) is 30.3 Å². The van der Waals surface area contributed by atoms with Crippen LogP contribution >= 0.6 is 0 Å². The van der Waals surface area contributed by atoms with E-state index in [0.717, 1.165) is 78.4 Å². The normalized spacial score (nSPS) is 12.0. The van der Waals surface area contributed by atoms with Gasteiger partial charge in [-0.25, -0.2) is 0 Å². The number of para-hydroxylation sites is 1. The zero-order valence-electron chi connectivity index (χ0n) is 20.5. The summed E-state index contributed by atoms with van der Waals surface area (Å²) in [7, 11) is 0. The third-order valence-electron chi connectivity index (χ3n) is 7.16. The van der Waals surface area contributed by atoms with E-state index in [9.17, 15) is 13.2 Å². The van der Waals surface area contributed by atoms with Crippen molar-refractivity contribution < 1.29 is 17.6 Å². The van der Waals surface area contributed by atoms with Crippen LogP contribution in [0, 0.1) is 0 Å². The molecule has 2 aromatic heterocycles. The standard InChI is InChI=1S/C34H20F3NO/c35-34(36,37)28-13-9-21(10-14-28)23-7-5-22-6-8-24(18-27(22)17-23)26-11-15-31(38-20-26)25-12-16-33-30(19-25)29-3-1-2-4-32(29)39-33/h1-20H. The van der Waals surface area contributed by atoms with E-state index in [4.69, 9.17) is 9.40 Å². The van der Waals surface area contributed by atoms with Crippen LogP contribution in [0.2, 0.25) is 0 Å². The van der Waals surface area contributed by atoms with Crippen LogP contribution in [0.5, 0.6) is 0 Å². The molecule has 39 heavy (non-hydrogen) atoms. The lowest BCUT2D eigenvalue weighted by atomic mass is 9.97. The number of hydrogen-bond acceptors (Lipinski definition) is 2. The number of benzene rings is 5. The fourth-order valence-corrected chi connectivity index (χ4v) is 5.08. The van der Waals surface area contributed by atoms with Gasteiger partial charge < -0.3 is 4.42 Å². The maximum absolute atomic E-state index is 13.0. The third-order valence-corrected chi connectivity index (χ3v) is 7.16. The third kappa shape index (κ3) is 4.22. The van der Waals surface area contributed by atoms with E-state index < -0.39 is 11.7 Å². The maximum atomic E-state index is 13.0. The van der Waals surface area contributed by atoms with E-state index >= 15 is 0 Å². The first-order valence-electron chi connectivity index (χ1n) is 12.5. The van der Waals surface area contributed by atoms with E-state index in [1.165, 1.54) is 12.1 Å². The summed E-state index contributed by atoms with van der Waals surface area (Å²) < 4.78 is 44.8. The Morgan fingerprint density at radius 2 is 1.15 bits per heavy atom. The first-order valence-corrected chi connectivity index (χ1v) is 12.5. The molecule has 0 unspecified atom stereocenters. The van der Waals surface area contributed by atoms with Gasteiger partial charge in [-0.2, -0.15) is 13.2 Å². The van der Waals surface area contributed by atoms with Crippen molar-refractivity contribution in [3.05, 3.63) is 127 Å². The minimum absolute atomic E-state index is 0.650. The van der Waals surface area contributed by atoms with Crippen molar-refractivity contribution in [2.75, 3.05) is 0 Å². The van der Waals surface area contributed by atoms with Crippen LogP contribution in [0.4, 0.5) is 13.2 Å². The lowest BCUT2D eigenvalue weighted by Crippen LogP contribution is -2.03. The van der Waals surface area contributed by atoms with Gasteiger partial charge in [0, 0.05) is 28.1 Å². The highest BCUT2D eigenvalue weighted by atomic mass is 19.4. The summed E-state index contributed by atoms with van der Waals surface area (Å²) in [5.41, 5.74) is 6.56. The molecule has 0 saturated heterocycles. The minimum atomic E-state index is -4.35. The smallest absolute Gasteiger partial charge is 0.416 e. The number of aromatic nitrogens is 1. The first-order chi connectivity index (χ1) is 18.9. The molecule has 5 heteroatoms. The van der Waals surface area contributed by atoms with Crippen LogP contribution in [0.1, 0.15) is 5.56 Å². The lowest BCUT2D eigenvalue weighted by Gasteiger charge is -2.10. The van der Waals surface area contributed by atoms with Crippen LogP contribution in [0.15, 0.2) is 126 Å². The van der Waals surface area contributed by atoms with Crippen molar-refractivity contribution in [1.82, 2.24) is 4.98 Å². The van der Waals surface area contributed by atoms with Crippen LogP contribution in [0.3, 0.4) is 0 Å². The van der Waals surface area contributed by atoms with E-state index in [0.29, 0.717) is 0 Å². The number of hydrogen-bond donors (Lipinski definition) is 0. The summed E-state index contributed by atoms with van der Waals surface area (Å²) in [6, 6.07) is 35.6. The van der Waals surface area contributed by atoms with Crippen molar-refractivity contribution in [1.29, 1.82) is 0 Å². The van der Waals surface area contributed by atoms with E-state index in [1.807, 2.05) is 66.9 Å². The highest BCUT2D eigenvalue weighted by molar-refractivity contribution is 6.06. The molecule has 0 saturated carbocycles. The lowest BCUT2D eigenvalue weighted by molar-refractivity contribution is -0.137. The van der Waals surface area contributed by atoms with Gasteiger partial charge in [-0.1, -0.05) is 60.7 Å². The second kappa shape index (κ2) is 8.84. The molecule has 0 fully saturated rings. The monoisotopic (exact) mass is 515 g/mol. The van der Waals surface area contributed by atoms with Crippen LogP contribution in [0.25, 0.3) is 66.2 Å². The average molecular weight is 516 g/mol. The van der Waals surface area contributed by atoms with Gasteiger partial charge in [0.2, 0.25) is 0 Å². The highest BCUT2D eigenvalue weighted by Gasteiger charge is 2.30. The number of pyridine rings is 1. The van der Waals surface area contributed by atoms with Crippen LogP contribution in [-0.2, 0) is 6.18 Å². The molecule has 0 amide bonds. The van der Waals surface area contributed by atoms with Crippen molar-refractivity contribution in [3.8, 4) is 33.5 Å². The average Bonchev–Trinajstić information content (AvgIpc) is 3.34. The molecule has 188 valence electrons. The molecule has 0 aliphatic heterocycles. The molecule has 7 aromatic rings. The van der Waals surface area contributed by atoms with E-state index in [1.54, 1.807) is 0 Å². The molecule has 7 rings (SSSR count). The molecule has 0 N–H and O–H groups in total. The van der Waals surface area contributed by atoms with Gasteiger partial charge in [0.15, 0.2) is 0 Å². The fourth-order valence-electron chi connectivity index (χ4n) is 5.08. The Morgan fingerprint density at radius 1 is 0.513 bits per heavy atom. The number of furan rings is 1. The van der Waals surface area contributed by atoms with Gasteiger partial charge >= 0.3 is 6.18 Å². The van der Waals surface area contributed by atoms with Gasteiger partial charge in [0.25, 0.3) is 0 Å².